The number of carbonyl (C=O) groups is 2. The molecule has 122 valence electrons. The Morgan fingerprint density at radius 3 is 2.38 bits per heavy atom. The minimum Gasteiger partial charge on any atom is -0.345 e. The van der Waals surface area contributed by atoms with E-state index in [2.05, 4.69) is 10.6 Å². The topological polar surface area (TPSA) is 58.2 Å². The Labute approximate surface area is 148 Å². The molecule has 0 fully saturated rings. The number of benzene rings is 1. The molecule has 2 heterocycles. The van der Waals surface area contributed by atoms with Crippen molar-refractivity contribution >= 4 is 40.2 Å². The summed E-state index contributed by atoms with van der Waals surface area (Å²) in [6, 6.07) is 14.4. The van der Waals surface area contributed by atoms with E-state index in [1.165, 1.54) is 11.3 Å². The fraction of sp³-hybridized carbons (Fsp3) is 0.111. The van der Waals surface area contributed by atoms with E-state index in [1.807, 2.05) is 35.9 Å². The summed E-state index contributed by atoms with van der Waals surface area (Å²) in [5.74, 6) is -0.422. The molecule has 3 aromatic rings. The molecule has 0 spiro atoms. The predicted octanol–water partition coefficient (Wildman–Crippen LogP) is 4.55. The molecule has 0 unspecified atom stereocenters. The van der Waals surface area contributed by atoms with Gasteiger partial charge in [-0.15, -0.1) is 22.7 Å². The SMILES string of the molecule is C[C@@H](NC(=O)c1ccccc1NC(=O)c1cccs1)c1cccs1. The van der Waals surface area contributed by atoms with Gasteiger partial charge < -0.3 is 10.6 Å². The van der Waals surface area contributed by atoms with Crippen LogP contribution in [-0.4, -0.2) is 11.8 Å². The highest BCUT2D eigenvalue weighted by Crippen LogP contribution is 2.21. The Morgan fingerprint density at radius 1 is 0.917 bits per heavy atom. The zero-order valence-corrected chi connectivity index (χ0v) is 14.6. The van der Waals surface area contributed by atoms with Gasteiger partial charge in [0.15, 0.2) is 0 Å². The highest BCUT2D eigenvalue weighted by molar-refractivity contribution is 7.12. The van der Waals surface area contributed by atoms with Crippen LogP contribution in [0.3, 0.4) is 0 Å². The Morgan fingerprint density at radius 2 is 1.67 bits per heavy atom. The van der Waals surface area contributed by atoms with E-state index in [-0.39, 0.29) is 17.9 Å². The van der Waals surface area contributed by atoms with E-state index in [4.69, 9.17) is 0 Å². The summed E-state index contributed by atoms with van der Waals surface area (Å²) >= 11 is 2.96. The van der Waals surface area contributed by atoms with Crippen LogP contribution in [-0.2, 0) is 0 Å². The quantitative estimate of drug-likeness (QED) is 0.704. The second kappa shape index (κ2) is 7.42. The van der Waals surface area contributed by atoms with Crippen molar-refractivity contribution in [3.05, 3.63) is 74.6 Å². The van der Waals surface area contributed by atoms with Gasteiger partial charge in [0.25, 0.3) is 11.8 Å². The summed E-state index contributed by atoms with van der Waals surface area (Å²) < 4.78 is 0. The van der Waals surface area contributed by atoms with E-state index in [0.717, 1.165) is 4.88 Å². The van der Waals surface area contributed by atoms with Gasteiger partial charge in [-0.3, -0.25) is 9.59 Å². The molecular formula is C18H16N2O2S2. The van der Waals surface area contributed by atoms with Crippen molar-refractivity contribution in [2.75, 3.05) is 5.32 Å². The maximum absolute atomic E-state index is 12.6. The van der Waals surface area contributed by atoms with Gasteiger partial charge in [-0.1, -0.05) is 24.3 Å². The zero-order chi connectivity index (χ0) is 16.9. The molecule has 3 rings (SSSR count). The van der Waals surface area contributed by atoms with Crippen molar-refractivity contribution in [3.63, 3.8) is 0 Å². The van der Waals surface area contributed by atoms with Crippen LogP contribution in [0.15, 0.2) is 59.3 Å². The van der Waals surface area contributed by atoms with Gasteiger partial charge in [0, 0.05) is 4.88 Å². The van der Waals surface area contributed by atoms with Crippen LogP contribution in [0, 0.1) is 0 Å². The van der Waals surface area contributed by atoms with Gasteiger partial charge in [0.05, 0.1) is 22.2 Å². The average Bonchev–Trinajstić information content (AvgIpc) is 3.28. The monoisotopic (exact) mass is 356 g/mol. The summed E-state index contributed by atoms with van der Waals surface area (Å²) in [6.45, 7) is 1.94. The second-order valence-electron chi connectivity index (χ2n) is 5.19. The van der Waals surface area contributed by atoms with Crippen molar-refractivity contribution in [3.8, 4) is 0 Å². The van der Waals surface area contributed by atoms with Crippen molar-refractivity contribution < 1.29 is 9.59 Å². The maximum atomic E-state index is 12.6. The molecule has 0 bridgehead atoms. The molecule has 6 heteroatoms. The third-order valence-electron chi connectivity index (χ3n) is 3.48. The van der Waals surface area contributed by atoms with Gasteiger partial charge in [-0.2, -0.15) is 0 Å². The predicted molar refractivity (Wildman–Crippen MR) is 98.9 cm³/mol. The molecule has 24 heavy (non-hydrogen) atoms. The van der Waals surface area contributed by atoms with Crippen molar-refractivity contribution in [1.29, 1.82) is 0 Å². The molecule has 1 atom stereocenters. The molecule has 0 radical (unpaired) electrons. The normalized spacial score (nSPS) is 11.7. The lowest BCUT2D eigenvalue weighted by atomic mass is 10.1. The van der Waals surface area contributed by atoms with Gasteiger partial charge in [0.1, 0.15) is 0 Å². The number of para-hydroxylation sites is 1. The molecule has 0 saturated heterocycles. The highest BCUT2D eigenvalue weighted by atomic mass is 32.1. The van der Waals surface area contributed by atoms with Crippen LogP contribution in [0.25, 0.3) is 0 Å². The number of hydrogen-bond acceptors (Lipinski definition) is 4. The van der Waals surface area contributed by atoms with Crippen LogP contribution in [0.4, 0.5) is 5.69 Å². The number of hydrogen-bond donors (Lipinski definition) is 2. The molecule has 2 aromatic heterocycles. The van der Waals surface area contributed by atoms with Gasteiger partial charge in [0.2, 0.25) is 0 Å². The molecule has 2 amide bonds. The smallest absolute Gasteiger partial charge is 0.265 e. The first-order valence-corrected chi connectivity index (χ1v) is 9.19. The Balaban J connectivity index is 1.76. The summed E-state index contributed by atoms with van der Waals surface area (Å²) in [7, 11) is 0. The van der Waals surface area contributed by atoms with Crippen molar-refractivity contribution in [1.82, 2.24) is 5.32 Å². The largest absolute Gasteiger partial charge is 0.345 e. The minimum atomic E-state index is -0.212. The van der Waals surface area contributed by atoms with Crippen molar-refractivity contribution in [2.45, 2.75) is 13.0 Å². The van der Waals surface area contributed by atoms with Gasteiger partial charge in [-0.05, 0) is 41.9 Å². The first-order chi connectivity index (χ1) is 11.6. The maximum Gasteiger partial charge on any atom is 0.265 e. The summed E-state index contributed by atoms with van der Waals surface area (Å²) in [6.07, 6.45) is 0. The number of anilines is 1. The number of carbonyl (C=O) groups excluding carboxylic acids is 2. The average molecular weight is 356 g/mol. The van der Waals surface area contributed by atoms with Crippen LogP contribution < -0.4 is 10.6 Å². The molecule has 0 aliphatic rings. The van der Waals surface area contributed by atoms with Crippen molar-refractivity contribution in [2.24, 2.45) is 0 Å². The van der Waals surface area contributed by atoms with Gasteiger partial charge in [-0.25, -0.2) is 0 Å². The number of nitrogens with one attached hydrogen (secondary N) is 2. The van der Waals surface area contributed by atoms with E-state index in [1.54, 1.807) is 41.7 Å². The van der Waals surface area contributed by atoms with Crippen LogP contribution in [0.5, 0.6) is 0 Å². The summed E-state index contributed by atoms with van der Waals surface area (Å²) in [4.78, 5) is 26.5. The molecule has 0 aliphatic heterocycles. The van der Waals surface area contributed by atoms with E-state index < -0.39 is 0 Å². The Bertz CT molecular complexity index is 827. The van der Waals surface area contributed by atoms with E-state index >= 15 is 0 Å². The molecule has 1 aromatic carbocycles. The van der Waals surface area contributed by atoms with E-state index in [9.17, 15) is 9.59 Å². The number of thiophene rings is 2. The van der Waals surface area contributed by atoms with E-state index in [0.29, 0.717) is 16.1 Å². The zero-order valence-electron chi connectivity index (χ0n) is 13.0. The lowest BCUT2D eigenvalue weighted by molar-refractivity contribution is 0.0941. The van der Waals surface area contributed by atoms with Gasteiger partial charge >= 0.3 is 0 Å². The first-order valence-electron chi connectivity index (χ1n) is 7.43. The van der Waals surface area contributed by atoms with Crippen LogP contribution in [0.1, 0.15) is 37.9 Å². The third-order valence-corrected chi connectivity index (χ3v) is 5.41. The third kappa shape index (κ3) is 3.72. The fourth-order valence-corrected chi connectivity index (χ4v) is 3.62. The lowest BCUT2D eigenvalue weighted by Gasteiger charge is -2.15. The first kappa shape index (κ1) is 16.4. The second-order valence-corrected chi connectivity index (χ2v) is 7.11. The summed E-state index contributed by atoms with van der Waals surface area (Å²) in [5, 5.41) is 9.61. The van der Waals surface area contributed by atoms with Crippen LogP contribution in [0.2, 0.25) is 0 Å². The van der Waals surface area contributed by atoms with Crippen LogP contribution >= 0.6 is 22.7 Å². The summed E-state index contributed by atoms with van der Waals surface area (Å²) in [5.41, 5.74) is 0.956. The molecule has 0 saturated carbocycles. The number of amides is 2. The minimum absolute atomic E-state index is 0.0847. The fourth-order valence-electron chi connectivity index (χ4n) is 2.26. The Hall–Kier alpha value is -2.44. The Kier molecular flexibility index (Phi) is 5.08. The standard InChI is InChI=1S/C18H16N2O2S2/c1-12(15-8-4-10-23-15)19-17(21)13-6-2-3-7-14(13)20-18(22)16-9-5-11-24-16/h2-12H,1H3,(H,19,21)(H,20,22)/t12-/m1/s1. The highest BCUT2D eigenvalue weighted by Gasteiger charge is 2.17. The molecule has 4 nitrogen and oxygen atoms in total. The molecule has 0 aliphatic carbocycles. The lowest BCUT2D eigenvalue weighted by Crippen LogP contribution is -2.27. The molecule has 2 N–H and O–H groups in total. The number of rotatable bonds is 5. The molecular weight excluding hydrogens is 340 g/mol.